The van der Waals surface area contributed by atoms with Crippen molar-refractivity contribution >= 4 is 39.0 Å². The molecule has 0 spiro atoms. The molecule has 1 N–H and O–H groups in total. The van der Waals surface area contributed by atoms with Crippen molar-refractivity contribution in [2.45, 2.75) is 6.92 Å². The first-order valence-corrected chi connectivity index (χ1v) is 8.25. The van der Waals surface area contributed by atoms with Crippen molar-refractivity contribution in [3.8, 4) is 11.1 Å². The van der Waals surface area contributed by atoms with Gasteiger partial charge in [-0.1, -0.05) is 39.7 Å². The summed E-state index contributed by atoms with van der Waals surface area (Å²) in [4.78, 5) is 0. The molecule has 2 aromatic carbocycles. The van der Waals surface area contributed by atoms with Crippen molar-refractivity contribution in [3.05, 3.63) is 63.2 Å². The fourth-order valence-corrected chi connectivity index (χ4v) is 3.21. The quantitative estimate of drug-likeness (QED) is 0.586. The van der Waals surface area contributed by atoms with E-state index in [0.717, 1.165) is 16.8 Å². The van der Waals surface area contributed by atoms with Crippen LogP contribution in [0.15, 0.2) is 40.9 Å². The highest BCUT2D eigenvalue weighted by Gasteiger charge is 2.19. The summed E-state index contributed by atoms with van der Waals surface area (Å²) in [5, 5.41) is 7.60. The highest BCUT2D eigenvalue weighted by atomic mass is 79.9. The van der Waals surface area contributed by atoms with Crippen LogP contribution in [0, 0.1) is 18.6 Å². The van der Waals surface area contributed by atoms with Gasteiger partial charge >= 0.3 is 0 Å². The minimum absolute atomic E-state index is 0.150. The molecular weight excluding hydrogens is 400 g/mol. The Morgan fingerprint density at radius 1 is 1.21 bits per heavy atom. The first-order chi connectivity index (χ1) is 11.4. The molecule has 1 heterocycles. The zero-order chi connectivity index (χ0) is 17.4. The van der Waals surface area contributed by atoms with Crippen LogP contribution in [-0.4, -0.2) is 9.78 Å². The Bertz CT molecular complexity index is 904. The van der Waals surface area contributed by atoms with Crippen molar-refractivity contribution in [2.75, 3.05) is 5.32 Å². The molecule has 1 aromatic heterocycles. The highest BCUT2D eigenvalue weighted by molar-refractivity contribution is 9.10. The second-order valence-corrected chi connectivity index (χ2v) is 6.54. The maximum Gasteiger partial charge on any atom is 0.160 e. The number of nitrogens with zero attached hydrogens (tertiary/aromatic N) is 2. The number of hydrogen-bond donors (Lipinski definition) is 1. The number of benzene rings is 2. The molecule has 24 heavy (non-hydrogen) atoms. The molecule has 0 aliphatic rings. The largest absolute Gasteiger partial charge is 0.335 e. The minimum atomic E-state index is -0.477. The number of nitrogens with one attached hydrogen (secondary N) is 1. The highest BCUT2D eigenvalue weighted by Crippen LogP contribution is 2.38. The fraction of sp³-hybridized carbons (Fsp3) is 0.118. The van der Waals surface area contributed by atoms with E-state index in [-0.39, 0.29) is 16.5 Å². The Labute approximate surface area is 151 Å². The predicted octanol–water partition coefficient (Wildman–Crippen LogP) is 5.83. The van der Waals surface area contributed by atoms with Crippen molar-refractivity contribution in [2.24, 2.45) is 7.05 Å². The van der Waals surface area contributed by atoms with Gasteiger partial charge in [0, 0.05) is 28.3 Å². The standard InChI is InChI=1S/C17H13BrClF2N3/c1-9-15(11-7-6-10(20)8-12(11)18)17(23-24(9)2)22-16-13(19)4-3-5-14(16)21/h3-8H,1-2H3,(H,22,23). The zero-order valence-corrected chi connectivity index (χ0v) is 15.2. The van der Waals surface area contributed by atoms with Crippen LogP contribution < -0.4 is 5.32 Å². The van der Waals surface area contributed by atoms with Gasteiger partial charge in [-0.25, -0.2) is 8.78 Å². The summed E-state index contributed by atoms with van der Waals surface area (Å²) >= 11 is 9.45. The average Bonchev–Trinajstić information content (AvgIpc) is 2.79. The molecule has 0 aliphatic heterocycles. The first-order valence-electron chi connectivity index (χ1n) is 7.08. The number of anilines is 2. The minimum Gasteiger partial charge on any atom is -0.335 e. The molecule has 3 nitrogen and oxygen atoms in total. The Balaban J connectivity index is 2.15. The lowest BCUT2D eigenvalue weighted by Crippen LogP contribution is -1.98. The van der Waals surface area contributed by atoms with E-state index < -0.39 is 5.82 Å². The monoisotopic (exact) mass is 411 g/mol. The van der Waals surface area contributed by atoms with Crippen LogP contribution >= 0.6 is 27.5 Å². The molecular formula is C17H13BrClF2N3. The Kier molecular flexibility index (Phi) is 4.60. The molecule has 0 radical (unpaired) electrons. The van der Waals surface area contributed by atoms with Gasteiger partial charge in [0.2, 0.25) is 0 Å². The Morgan fingerprint density at radius 3 is 2.62 bits per heavy atom. The number of rotatable bonds is 3. The molecule has 0 fully saturated rings. The van der Waals surface area contributed by atoms with Gasteiger partial charge in [0.1, 0.15) is 11.6 Å². The van der Waals surface area contributed by atoms with Gasteiger partial charge in [-0.2, -0.15) is 5.10 Å². The molecule has 3 rings (SSSR count). The summed E-state index contributed by atoms with van der Waals surface area (Å²) in [5.74, 6) is -0.386. The number of aryl methyl sites for hydroxylation is 1. The summed E-state index contributed by atoms with van der Waals surface area (Å²) in [6.07, 6.45) is 0. The lowest BCUT2D eigenvalue weighted by Gasteiger charge is -2.11. The second kappa shape index (κ2) is 6.53. The predicted molar refractivity (Wildman–Crippen MR) is 95.7 cm³/mol. The van der Waals surface area contributed by atoms with Gasteiger partial charge in [-0.3, -0.25) is 4.68 Å². The van der Waals surface area contributed by atoms with E-state index in [1.807, 2.05) is 6.92 Å². The molecule has 0 atom stereocenters. The van der Waals surface area contributed by atoms with Gasteiger partial charge in [-0.05, 0) is 31.2 Å². The molecule has 3 aromatic rings. The second-order valence-electron chi connectivity index (χ2n) is 5.28. The first kappa shape index (κ1) is 16.9. The Morgan fingerprint density at radius 2 is 1.96 bits per heavy atom. The fourth-order valence-electron chi connectivity index (χ4n) is 2.45. The van der Waals surface area contributed by atoms with Crippen LogP contribution in [0.5, 0.6) is 0 Å². The van der Waals surface area contributed by atoms with E-state index >= 15 is 0 Å². The Hall–Kier alpha value is -1.92. The molecule has 124 valence electrons. The number of halogens is 4. The van der Waals surface area contributed by atoms with Gasteiger partial charge in [0.15, 0.2) is 5.82 Å². The van der Waals surface area contributed by atoms with Crippen molar-refractivity contribution in [3.63, 3.8) is 0 Å². The zero-order valence-electron chi connectivity index (χ0n) is 12.9. The summed E-state index contributed by atoms with van der Waals surface area (Å²) < 4.78 is 29.7. The number of hydrogen-bond acceptors (Lipinski definition) is 2. The van der Waals surface area contributed by atoms with Gasteiger partial charge in [0.05, 0.1) is 10.7 Å². The summed E-state index contributed by atoms with van der Waals surface area (Å²) in [7, 11) is 1.78. The number of para-hydroxylation sites is 1. The molecule has 7 heteroatoms. The molecule has 0 amide bonds. The maximum absolute atomic E-state index is 14.1. The van der Waals surface area contributed by atoms with E-state index in [1.54, 1.807) is 23.9 Å². The SMILES string of the molecule is Cc1c(-c2ccc(F)cc2Br)c(Nc2c(F)cccc2Cl)nn1C. The van der Waals surface area contributed by atoms with E-state index in [9.17, 15) is 8.78 Å². The number of aromatic nitrogens is 2. The summed E-state index contributed by atoms with van der Waals surface area (Å²) in [6.45, 7) is 1.88. The van der Waals surface area contributed by atoms with Gasteiger partial charge in [0.25, 0.3) is 0 Å². The smallest absolute Gasteiger partial charge is 0.160 e. The lowest BCUT2D eigenvalue weighted by molar-refractivity contribution is 0.627. The van der Waals surface area contributed by atoms with Crippen LogP contribution in [0.4, 0.5) is 20.3 Å². The molecule has 0 aliphatic carbocycles. The molecule has 0 saturated heterocycles. The van der Waals surface area contributed by atoms with E-state index in [2.05, 4.69) is 26.3 Å². The van der Waals surface area contributed by atoms with Crippen LogP contribution in [-0.2, 0) is 7.05 Å². The maximum atomic E-state index is 14.1. The van der Waals surface area contributed by atoms with Crippen LogP contribution in [0.1, 0.15) is 5.69 Å². The van der Waals surface area contributed by atoms with Crippen molar-refractivity contribution in [1.29, 1.82) is 0 Å². The molecule has 0 unspecified atom stereocenters. The summed E-state index contributed by atoms with van der Waals surface area (Å²) in [5.41, 5.74) is 2.48. The van der Waals surface area contributed by atoms with E-state index in [0.29, 0.717) is 10.3 Å². The van der Waals surface area contributed by atoms with Crippen LogP contribution in [0.2, 0.25) is 5.02 Å². The normalized spacial score (nSPS) is 10.9. The average molecular weight is 413 g/mol. The van der Waals surface area contributed by atoms with Crippen molar-refractivity contribution in [1.82, 2.24) is 9.78 Å². The van der Waals surface area contributed by atoms with Gasteiger partial charge in [-0.15, -0.1) is 0 Å². The third kappa shape index (κ3) is 3.03. The van der Waals surface area contributed by atoms with Gasteiger partial charge < -0.3 is 5.32 Å². The lowest BCUT2D eigenvalue weighted by atomic mass is 10.1. The van der Waals surface area contributed by atoms with E-state index in [1.165, 1.54) is 24.3 Å². The third-order valence-corrected chi connectivity index (χ3v) is 4.71. The third-order valence-electron chi connectivity index (χ3n) is 3.74. The van der Waals surface area contributed by atoms with E-state index in [4.69, 9.17) is 11.6 Å². The topological polar surface area (TPSA) is 29.9 Å². The van der Waals surface area contributed by atoms with Crippen LogP contribution in [0.3, 0.4) is 0 Å². The molecule has 0 saturated carbocycles. The summed E-state index contributed by atoms with van der Waals surface area (Å²) in [6, 6.07) is 8.84. The molecule has 0 bridgehead atoms. The van der Waals surface area contributed by atoms with Crippen molar-refractivity contribution < 1.29 is 8.78 Å². The van der Waals surface area contributed by atoms with Crippen LogP contribution in [0.25, 0.3) is 11.1 Å².